The number of carbonyl (C=O) groups excluding carboxylic acids is 1. The van der Waals surface area contributed by atoms with Crippen LogP contribution in [0.3, 0.4) is 0 Å². The minimum Gasteiger partial charge on any atom is -0.381 e. The van der Waals surface area contributed by atoms with E-state index in [0.717, 1.165) is 5.56 Å². The fourth-order valence-corrected chi connectivity index (χ4v) is 2.76. The Morgan fingerprint density at radius 2 is 1.91 bits per heavy atom. The molecule has 0 aromatic heterocycles. The van der Waals surface area contributed by atoms with E-state index in [9.17, 15) is 4.79 Å². The molecule has 1 fully saturated rings. The summed E-state index contributed by atoms with van der Waals surface area (Å²) in [5.41, 5.74) is 6.10. The van der Waals surface area contributed by atoms with Crippen LogP contribution in [0.5, 0.6) is 0 Å². The van der Waals surface area contributed by atoms with Crippen molar-refractivity contribution in [1.29, 1.82) is 0 Å². The maximum atomic E-state index is 12.4. The van der Waals surface area contributed by atoms with Gasteiger partial charge in [0.1, 0.15) is 0 Å². The SMILES string of the molecule is CC(C)(CNC(=O)C1(N)CCOCC1)c1ccc(Cl)c(Cl)c1.Cl. The molecule has 1 heterocycles. The highest BCUT2D eigenvalue weighted by molar-refractivity contribution is 6.42. The molecule has 1 aromatic rings. The zero-order valence-electron chi connectivity index (χ0n) is 13.3. The Bertz CT molecular complexity index is 558. The van der Waals surface area contributed by atoms with E-state index in [1.807, 2.05) is 26.0 Å². The van der Waals surface area contributed by atoms with Gasteiger partial charge in [-0.15, -0.1) is 12.4 Å². The van der Waals surface area contributed by atoms with Crippen LogP contribution in [-0.2, 0) is 14.9 Å². The second-order valence-corrected chi connectivity index (χ2v) is 7.28. The molecule has 1 aromatic carbocycles. The fourth-order valence-electron chi connectivity index (χ4n) is 2.46. The van der Waals surface area contributed by atoms with Crippen molar-refractivity contribution in [2.75, 3.05) is 19.8 Å². The number of amides is 1. The van der Waals surface area contributed by atoms with Gasteiger partial charge < -0.3 is 15.8 Å². The van der Waals surface area contributed by atoms with Crippen molar-refractivity contribution in [2.24, 2.45) is 5.73 Å². The maximum Gasteiger partial charge on any atom is 0.240 e. The lowest BCUT2D eigenvalue weighted by atomic mass is 9.83. The van der Waals surface area contributed by atoms with Crippen LogP contribution in [0, 0.1) is 0 Å². The van der Waals surface area contributed by atoms with Gasteiger partial charge in [-0.1, -0.05) is 43.1 Å². The molecule has 0 spiro atoms. The molecule has 3 N–H and O–H groups in total. The van der Waals surface area contributed by atoms with Crippen molar-refractivity contribution in [3.63, 3.8) is 0 Å². The van der Waals surface area contributed by atoms with E-state index >= 15 is 0 Å². The molecule has 23 heavy (non-hydrogen) atoms. The lowest BCUT2D eigenvalue weighted by Crippen LogP contribution is -2.58. The van der Waals surface area contributed by atoms with Gasteiger partial charge in [0.25, 0.3) is 0 Å². The van der Waals surface area contributed by atoms with Crippen molar-refractivity contribution < 1.29 is 9.53 Å². The lowest BCUT2D eigenvalue weighted by molar-refractivity contribution is -0.130. The van der Waals surface area contributed by atoms with Crippen molar-refractivity contribution >= 4 is 41.5 Å². The molecule has 0 atom stereocenters. The number of rotatable bonds is 4. The smallest absolute Gasteiger partial charge is 0.240 e. The predicted octanol–water partition coefficient (Wildman–Crippen LogP) is 3.32. The highest BCUT2D eigenvalue weighted by Crippen LogP contribution is 2.29. The molecule has 7 heteroatoms. The Morgan fingerprint density at radius 3 is 2.48 bits per heavy atom. The van der Waals surface area contributed by atoms with E-state index in [1.165, 1.54) is 0 Å². The van der Waals surface area contributed by atoms with E-state index in [-0.39, 0.29) is 23.7 Å². The van der Waals surface area contributed by atoms with Crippen LogP contribution in [-0.4, -0.2) is 31.2 Å². The molecular formula is C16H23Cl3N2O2. The zero-order chi connectivity index (χ0) is 16.4. The monoisotopic (exact) mass is 380 g/mol. The number of hydrogen-bond donors (Lipinski definition) is 2. The topological polar surface area (TPSA) is 64.4 Å². The highest BCUT2D eigenvalue weighted by Gasteiger charge is 2.36. The number of hydrogen-bond acceptors (Lipinski definition) is 3. The first-order chi connectivity index (χ1) is 10.2. The minimum atomic E-state index is -0.827. The summed E-state index contributed by atoms with van der Waals surface area (Å²) in [6.45, 7) is 5.61. The number of halogens is 3. The summed E-state index contributed by atoms with van der Waals surface area (Å²) >= 11 is 12.0. The average molecular weight is 382 g/mol. The van der Waals surface area contributed by atoms with Crippen LogP contribution in [0.15, 0.2) is 18.2 Å². The number of benzene rings is 1. The molecule has 0 aliphatic carbocycles. The molecule has 0 radical (unpaired) electrons. The van der Waals surface area contributed by atoms with Crippen LogP contribution >= 0.6 is 35.6 Å². The molecule has 4 nitrogen and oxygen atoms in total. The average Bonchev–Trinajstić information content (AvgIpc) is 2.48. The standard InChI is InChI=1S/C16H22Cl2N2O2.ClH/c1-15(2,11-3-4-12(17)13(18)9-11)10-20-14(21)16(19)5-7-22-8-6-16;/h3-4,9H,5-8,10,19H2,1-2H3,(H,20,21);1H. The predicted molar refractivity (Wildman–Crippen MR) is 96.7 cm³/mol. The quantitative estimate of drug-likeness (QED) is 0.841. The molecule has 1 amide bonds. The first kappa shape index (κ1) is 20.5. The maximum absolute atomic E-state index is 12.4. The summed E-state index contributed by atoms with van der Waals surface area (Å²) in [6, 6.07) is 5.53. The molecule has 0 saturated carbocycles. The summed E-state index contributed by atoms with van der Waals surface area (Å²) < 4.78 is 5.27. The lowest BCUT2D eigenvalue weighted by Gasteiger charge is -2.34. The van der Waals surface area contributed by atoms with E-state index in [4.69, 9.17) is 33.7 Å². The summed E-state index contributed by atoms with van der Waals surface area (Å²) in [7, 11) is 0. The number of ether oxygens (including phenoxy) is 1. The van der Waals surface area contributed by atoms with Gasteiger partial charge in [0, 0.05) is 25.2 Å². The fraction of sp³-hybridized carbons (Fsp3) is 0.562. The van der Waals surface area contributed by atoms with E-state index < -0.39 is 5.54 Å². The Hall–Kier alpha value is -0.520. The first-order valence-electron chi connectivity index (χ1n) is 7.35. The van der Waals surface area contributed by atoms with Crippen molar-refractivity contribution in [1.82, 2.24) is 5.32 Å². The van der Waals surface area contributed by atoms with Gasteiger partial charge in [-0.3, -0.25) is 4.79 Å². The minimum absolute atomic E-state index is 0. The zero-order valence-corrected chi connectivity index (χ0v) is 15.7. The van der Waals surface area contributed by atoms with Crippen LogP contribution in [0.25, 0.3) is 0 Å². The van der Waals surface area contributed by atoms with Gasteiger partial charge in [-0.2, -0.15) is 0 Å². The molecule has 1 aliphatic heterocycles. The van der Waals surface area contributed by atoms with Crippen molar-refractivity contribution in [3.8, 4) is 0 Å². The second kappa shape index (κ2) is 8.04. The van der Waals surface area contributed by atoms with E-state index in [0.29, 0.717) is 42.6 Å². The van der Waals surface area contributed by atoms with Gasteiger partial charge in [-0.05, 0) is 30.5 Å². The van der Waals surface area contributed by atoms with Gasteiger partial charge in [0.05, 0.1) is 15.6 Å². The molecule has 0 unspecified atom stereocenters. The Kier molecular flexibility index (Phi) is 7.17. The summed E-state index contributed by atoms with van der Waals surface area (Å²) in [5, 5.41) is 4.00. The first-order valence-corrected chi connectivity index (χ1v) is 8.11. The van der Waals surface area contributed by atoms with Crippen LogP contribution in [0.4, 0.5) is 0 Å². The molecule has 1 aliphatic rings. The molecular weight excluding hydrogens is 359 g/mol. The van der Waals surface area contributed by atoms with Gasteiger partial charge in [-0.25, -0.2) is 0 Å². The molecule has 130 valence electrons. The molecule has 1 saturated heterocycles. The number of nitrogens with one attached hydrogen (secondary N) is 1. The van der Waals surface area contributed by atoms with Crippen LogP contribution in [0.2, 0.25) is 10.0 Å². The van der Waals surface area contributed by atoms with Gasteiger partial charge in [0.2, 0.25) is 5.91 Å². The Morgan fingerprint density at radius 1 is 1.30 bits per heavy atom. The van der Waals surface area contributed by atoms with Crippen LogP contribution < -0.4 is 11.1 Å². The van der Waals surface area contributed by atoms with Gasteiger partial charge in [0.15, 0.2) is 0 Å². The summed E-state index contributed by atoms with van der Waals surface area (Å²) in [6.07, 6.45) is 1.10. The van der Waals surface area contributed by atoms with E-state index in [2.05, 4.69) is 5.32 Å². The normalized spacial score (nSPS) is 17.3. The molecule has 0 bridgehead atoms. The van der Waals surface area contributed by atoms with E-state index in [1.54, 1.807) is 6.07 Å². The number of nitrogens with two attached hydrogens (primary N) is 1. The Balaban J connectivity index is 0.00000264. The molecule has 2 rings (SSSR count). The Labute approximate surface area is 153 Å². The third kappa shape index (κ3) is 4.97. The third-order valence-corrected chi connectivity index (χ3v) is 4.97. The largest absolute Gasteiger partial charge is 0.381 e. The van der Waals surface area contributed by atoms with Crippen molar-refractivity contribution in [2.45, 2.75) is 37.6 Å². The van der Waals surface area contributed by atoms with Crippen molar-refractivity contribution in [3.05, 3.63) is 33.8 Å². The summed E-state index contributed by atoms with van der Waals surface area (Å²) in [4.78, 5) is 12.4. The van der Waals surface area contributed by atoms with Gasteiger partial charge >= 0.3 is 0 Å². The highest BCUT2D eigenvalue weighted by atomic mass is 35.5. The third-order valence-electron chi connectivity index (χ3n) is 4.23. The van der Waals surface area contributed by atoms with Crippen LogP contribution in [0.1, 0.15) is 32.3 Å². The second-order valence-electron chi connectivity index (χ2n) is 6.46. The summed E-state index contributed by atoms with van der Waals surface area (Å²) in [5.74, 6) is -0.121. The number of carbonyl (C=O) groups is 1.